The molecule has 5 heteroatoms. The van der Waals surface area contributed by atoms with Crippen LogP contribution in [0.1, 0.15) is 17.4 Å². The van der Waals surface area contributed by atoms with Crippen LogP contribution in [0.3, 0.4) is 0 Å². The summed E-state index contributed by atoms with van der Waals surface area (Å²) in [5.74, 6) is 0.635. The first-order valence-corrected chi connectivity index (χ1v) is 6.40. The number of methoxy groups -OCH3 is 1. The number of halogens is 1. The molecule has 0 saturated heterocycles. The minimum absolute atomic E-state index is 0.515. The van der Waals surface area contributed by atoms with Crippen LogP contribution in [0.2, 0.25) is 0 Å². The summed E-state index contributed by atoms with van der Waals surface area (Å²) >= 11 is 3.47. The monoisotopic (exact) mass is 310 g/mol. The molecular formula is C13H15BrN2O2. The summed E-state index contributed by atoms with van der Waals surface area (Å²) in [5, 5.41) is 14.4. The number of rotatable bonds is 4. The number of benzene rings is 1. The first-order chi connectivity index (χ1) is 8.61. The summed E-state index contributed by atoms with van der Waals surface area (Å²) in [4.78, 5) is 0. The molecule has 1 atom stereocenters. The first kappa shape index (κ1) is 13.1. The van der Waals surface area contributed by atoms with Gasteiger partial charge < -0.3 is 9.84 Å². The third-order valence-corrected chi connectivity index (χ3v) is 3.55. The van der Waals surface area contributed by atoms with Gasteiger partial charge in [-0.25, -0.2) is 4.68 Å². The van der Waals surface area contributed by atoms with E-state index in [2.05, 4.69) is 21.0 Å². The molecule has 0 fully saturated rings. The van der Waals surface area contributed by atoms with Crippen molar-refractivity contribution in [2.75, 3.05) is 7.11 Å². The van der Waals surface area contributed by atoms with Gasteiger partial charge in [-0.2, -0.15) is 5.10 Å². The Hall–Kier alpha value is -1.33. The summed E-state index contributed by atoms with van der Waals surface area (Å²) in [6.45, 7) is 0. The van der Waals surface area contributed by atoms with E-state index in [-0.39, 0.29) is 0 Å². The third-order valence-electron chi connectivity index (χ3n) is 2.78. The second-order valence-corrected chi connectivity index (χ2v) is 4.90. The minimum Gasteiger partial charge on any atom is -0.481 e. The van der Waals surface area contributed by atoms with Crippen LogP contribution in [0, 0.1) is 0 Å². The molecule has 1 heterocycles. The highest BCUT2D eigenvalue weighted by Gasteiger charge is 2.15. The zero-order valence-electron chi connectivity index (χ0n) is 10.3. The second-order valence-electron chi connectivity index (χ2n) is 4.05. The molecule has 0 saturated carbocycles. The number of nitrogens with zero attached hydrogens (tertiary/aromatic N) is 2. The number of hydrogen-bond donors (Lipinski definition) is 1. The van der Waals surface area contributed by atoms with Gasteiger partial charge in [-0.1, -0.05) is 34.1 Å². The molecule has 1 aromatic heterocycles. The highest BCUT2D eigenvalue weighted by Crippen LogP contribution is 2.24. The van der Waals surface area contributed by atoms with Gasteiger partial charge in [0.05, 0.1) is 12.8 Å². The van der Waals surface area contributed by atoms with Gasteiger partial charge in [0, 0.05) is 24.0 Å². The molecule has 1 aromatic carbocycles. The van der Waals surface area contributed by atoms with E-state index in [1.807, 2.05) is 24.3 Å². The molecule has 4 nitrogen and oxygen atoms in total. The predicted octanol–water partition coefficient (Wildman–Crippen LogP) is 2.47. The Balaban J connectivity index is 2.16. The van der Waals surface area contributed by atoms with E-state index in [0.717, 1.165) is 10.0 Å². The van der Waals surface area contributed by atoms with Gasteiger partial charge in [-0.15, -0.1) is 0 Å². The SMILES string of the molecule is COc1cc(C(O)Cc2ccccc2Br)nn1C. The zero-order chi connectivity index (χ0) is 13.1. The molecule has 0 radical (unpaired) electrons. The van der Waals surface area contributed by atoms with Crippen molar-refractivity contribution >= 4 is 15.9 Å². The van der Waals surface area contributed by atoms with E-state index >= 15 is 0 Å². The molecule has 0 bridgehead atoms. The maximum absolute atomic E-state index is 10.2. The van der Waals surface area contributed by atoms with Gasteiger partial charge in [0.2, 0.25) is 5.88 Å². The van der Waals surface area contributed by atoms with E-state index < -0.39 is 6.10 Å². The Bertz CT molecular complexity index is 540. The second kappa shape index (κ2) is 5.54. The van der Waals surface area contributed by atoms with Crippen molar-refractivity contribution in [1.29, 1.82) is 0 Å². The van der Waals surface area contributed by atoms with Gasteiger partial charge in [0.1, 0.15) is 6.10 Å². The fourth-order valence-corrected chi connectivity index (χ4v) is 2.25. The van der Waals surface area contributed by atoms with E-state index in [0.29, 0.717) is 18.0 Å². The molecule has 1 N–H and O–H groups in total. The largest absolute Gasteiger partial charge is 0.481 e. The molecular weight excluding hydrogens is 296 g/mol. The van der Waals surface area contributed by atoms with Crippen LogP contribution in [0.5, 0.6) is 5.88 Å². The number of aromatic nitrogens is 2. The van der Waals surface area contributed by atoms with Crippen molar-refractivity contribution in [2.45, 2.75) is 12.5 Å². The molecule has 0 aliphatic heterocycles. The lowest BCUT2D eigenvalue weighted by molar-refractivity contribution is 0.172. The van der Waals surface area contributed by atoms with Crippen molar-refractivity contribution in [2.24, 2.45) is 7.05 Å². The minimum atomic E-state index is -0.640. The Morgan fingerprint density at radius 3 is 2.78 bits per heavy atom. The number of aliphatic hydroxyl groups excluding tert-OH is 1. The fourth-order valence-electron chi connectivity index (χ4n) is 1.80. The molecule has 2 aromatic rings. The maximum atomic E-state index is 10.2. The Labute approximate surface area is 114 Å². The van der Waals surface area contributed by atoms with Crippen LogP contribution >= 0.6 is 15.9 Å². The van der Waals surface area contributed by atoms with Crippen LogP contribution in [0.25, 0.3) is 0 Å². The Kier molecular flexibility index (Phi) is 4.04. The van der Waals surface area contributed by atoms with E-state index in [9.17, 15) is 5.11 Å². The van der Waals surface area contributed by atoms with Crippen molar-refractivity contribution in [3.8, 4) is 5.88 Å². The standard InChI is InChI=1S/C13H15BrN2O2/c1-16-13(18-2)8-11(15-16)12(17)7-9-5-3-4-6-10(9)14/h3-6,8,12,17H,7H2,1-2H3. The van der Waals surface area contributed by atoms with Crippen LogP contribution in [0.15, 0.2) is 34.8 Å². The van der Waals surface area contributed by atoms with Gasteiger partial charge in [-0.3, -0.25) is 0 Å². The quantitative estimate of drug-likeness (QED) is 0.943. The lowest BCUT2D eigenvalue weighted by Crippen LogP contribution is -2.04. The average Bonchev–Trinajstić information content (AvgIpc) is 2.73. The normalized spacial score (nSPS) is 12.4. The summed E-state index contributed by atoms with van der Waals surface area (Å²) in [6, 6.07) is 9.59. The van der Waals surface area contributed by atoms with Crippen LogP contribution < -0.4 is 4.74 Å². The summed E-state index contributed by atoms with van der Waals surface area (Å²) in [6.07, 6.45) is -0.125. The Morgan fingerprint density at radius 1 is 1.44 bits per heavy atom. The molecule has 0 aliphatic carbocycles. The molecule has 18 heavy (non-hydrogen) atoms. The highest BCUT2D eigenvalue weighted by molar-refractivity contribution is 9.10. The summed E-state index contributed by atoms with van der Waals surface area (Å²) < 4.78 is 7.73. The summed E-state index contributed by atoms with van der Waals surface area (Å²) in [5.41, 5.74) is 1.67. The molecule has 2 rings (SSSR count). The maximum Gasteiger partial charge on any atom is 0.211 e. The van der Waals surface area contributed by atoms with Crippen molar-refractivity contribution in [3.63, 3.8) is 0 Å². The predicted molar refractivity (Wildman–Crippen MR) is 72.6 cm³/mol. The lowest BCUT2D eigenvalue weighted by atomic mass is 10.1. The highest BCUT2D eigenvalue weighted by atomic mass is 79.9. The topological polar surface area (TPSA) is 47.3 Å². The lowest BCUT2D eigenvalue weighted by Gasteiger charge is -2.09. The number of hydrogen-bond acceptors (Lipinski definition) is 3. The zero-order valence-corrected chi connectivity index (χ0v) is 11.9. The molecule has 96 valence electrons. The van der Waals surface area contributed by atoms with Gasteiger partial charge >= 0.3 is 0 Å². The molecule has 0 spiro atoms. The Morgan fingerprint density at radius 2 is 2.17 bits per heavy atom. The molecule has 0 aliphatic rings. The third kappa shape index (κ3) is 2.73. The van der Waals surface area contributed by atoms with Crippen molar-refractivity contribution in [3.05, 3.63) is 46.1 Å². The fraction of sp³-hybridized carbons (Fsp3) is 0.308. The number of aryl methyl sites for hydroxylation is 1. The average molecular weight is 311 g/mol. The first-order valence-electron chi connectivity index (χ1n) is 5.61. The van der Waals surface area contributed by atoms with E-state index in [1.54, 1.807) is 24.9 Å². The summed E-state index contributed by atoms with van der Waals surface area (Å²) in [7, 11) is 3.37. The van der Waals surface area contributed by atoms with Crippen LogP contribution in [-0.4, -0.2) is 22.0 Å². The van der Waals surface area contributed by atoms with Gasteiger partial charge in [0.25, 0.3) is 0 Å². The smallest absolute Gasteiger partial charge is 0.211 e. The van der Waals surface area contributed by atoms with Gasteiger partial charge in [-0.05, 0) is 11.6 Å². The number of ether oxygens (including phenoxy) is 1. The molecule has 0 amide bonds. The molecule has 1 unspecified atom stereocenters. The van der Waals surface area contributed by atoms with Crippen molar-refractivity contribution < 1.29 is 9.84 Å². The van der Waals surface area contributed by atoms with E-state index in [1.165, 1.54) is 0 Å². The van der Waals surface area contributed by atoms with Crippen LogP contribution in [0.4, 0.5) is 0 Å². The van der Waals surface area contributed by atoms with Crippen molar-refractivity contribution in [1.82, 2.24) is 9.78 Å². The van der Waals surface area contributed by atoms with Crippen LogP contribution in [-0.2, 0) is 13.5 Å². The number of aliphatic hydroxyl groups is 1. The van der Waals surface area contributed by atoms with Gasteiger partial charge in [0.15, 0.2) is 0 Å². The van der Waals surface area contributed by atoms with E-state index in [4.69, 9.17) is 4.74 Å².